The number of aliphatic hydroxyl groups is 1. The highest BCUT2D eigenvalue weighted by atomic mass is 16.5. The Kier molecular flexibility index (Phi) is 5.79. The lowest BCUT2D eigenvalue weighted by molar-refractivity contribution is -0.123. The fraction of sp³-hybridized carbons (Fsp3) is 0.235. The first-order chi connectivity index (χ1) is 10.3. The number of rotatable bonds is 7. The molecule has 1 amide bonds. The van der Waals surface area contributed by atoms with E-state index in [9.17, 15) is 4.79 Å². The minimum absolute atomic E-state index is 0.0325. The Labute approximate surface area is 124 Å². The molecule has 4 heteroatoms. The van der Waals surface area contributed by atoms with Gasteiger partial charge in [0, 0.05) is 18.7 Å². The molecular formula is C17H19NO3. The van der Waals surface area contributed by atoms with E-state index < -0.39 is 0 Å². The summed E-state index contributed by atoms with van der Waals surface area (Å²) < 4.78 is 5.61. The van der Waals surface area contributed by atoms with E-state index in [0.717, 1.165) is 11.1 Å². The molecule has 2 aromatic rings. The van der Waals surface area contributed by atoms with Crippen LogP contribution in [-0.4, -0.2) is 30.8 Å². The zero-order valence-electron chi connectivity index (χ0n) is 11.8. The van der Waals surface area contributed by atoms with Crippen molar-refractivity contribution < 1.29 is 14.6 Å². The quantitative estimate of drug-likeness (QED) is 0.767. The maximum atomic E-state index is 11.6. The molecule has 4 nitrogen and oxygen atoms in total. The van der Waals surface area contributed by atoms with Crippen LogP contribution < -0.4 is 10.1 Å². The molecule has 0 aliphatic heterocycles. The number of amides is 1. The number of nitrogens with one attached hydrogen (secondary N) is 1. The summed E-state index contributed by atoms with van der Waals surface area (Å²) in [5, 5.41) is 11.4. The molecule has 0 heterocycles. The van der Waals surface area contributed by atoms with E-state index in [2.05, 4.69) is 5.32 Å². The highest BCUT2D eigenvalue weighted by molar-refractivity contribution is 5.78. The first-order valence-corrected chi connectivity index (χ1v) is 6.96. The third kappa shape index (κ3) is 4.61. The van der Waals surface area contributed by atoms with Crippen LogP contribution in [0.1, 0.15) is 6.42 Å². The monoisotopic (exact) mass is 285 g/mol. The van der Waals surface area contributed by atoms with Crippen molar-refractivity contribution in [3.8, 4) is 16.9 Å². The number of carbonyl (C=O) groups excluding carboxylic acids is 1. The zero-order valence-corrected chi connectivity index (χ0v) is 11.8. The van der Waals surface area contributed by atoms with E-state index in [0.29, 0.717) is 18.7 Å². The van der Waals surface area contributed by atoms with Gasteiger partial charge in [-0.05, 0) is 18.1 Å². The Morgan fingerprint density at radius 3 is 2.52 bits per heavy atom. The molecule has 21 heavy (non-hydrogen) atoms. The second-order valence-electron chi connectivity index (χ2n) is 4.58. The van der Waals surface area contributed by atoms with Crippen molar-refractivity contribution in [1.82, 2.24) is 5.32 Å². The molecule has 0 aliphatic rings. The van der Waals surface area contributed by atoms with Crippen LogP contribution in [0.3, 0.4) is 0 Å². The van der Waals surface area contributed by atoms with Gasteiger partial charge in [-0.2, -0.15) is 0 Å². The van der Waals surface area contributed by atoms with Gasteiger partial charge in [0.25, 0.3) is 5.91 Å². The number of benzene rings is 2. The summed E-state index contributed by atoms with van der Waals surface area (Å²) in [5.74, 6) is 0.493. The predicted octanol–water partition coefficient (Wildman–Crippen LogP) is 2.23. The smallest absolute Gasteiger partial charge is 0.257 e. The fourth-order valence-corrected chi connectivity index (χ4v) is 1.95. The number of aliphatic hydroxyl groups excluding tert-OH is 1. The molecule has 0 bridgehead atoms. The summed E-state index contributed by atoms with van der Waals surface area (Å²) in [6.45, 7) is 0.492. The van der Waals surface area contributed by atoms with E-state index in [1.165, 1.54) is 0 Å². The van der Waals surface area contributed by atoms with E-state index in [1.54, 1.807) is 0 Å². The van der Waals surface area contributed by atoms with Gasteiger partial charge in [0.1, 0.15) is 5.75 Å². The van der Waals surface area contributed by atoms with E-state index in [-0.39, 0.29) is 19.1 Å². The Morgan fingerprint density at radius 2 is 1.76 bits per heavy atom. The van der Waals surface area contributed by atoms with Gasteiger partial charge < -0.3 is 15.2 Å². The average Bonchev–Trinajstić information content (AvgIpc) is 2.54. The third-order valence-corrected chi connectivity index (χ3v) is 2.99. The lowest BCUT2D eigenvalue weighted by Crippen LogP contribution is -2.30. The van der Waals surface area contributed by atoms with Gasteiger partial charge in [-0.15, -0.1) is 0 Å². The Hall–Kier alpha value is -2.33. The van der Waals surface area contributed by atoms with Gasteiger partial charge in [0.2, 0.25) is 0 Å². The van der Waals surface area contributed by atoms with Gasteiger partial charge in [-0.25, -0.2) is 0 Å². The predicted molar refractivity (Wildman–Crippen MR) is 82.1 cm³/mol. The summed E-state index contributed by atoms with van der Waals surface area (Å²) in [6.07, 6.45) is 0.548. The molecule has 2 aromatic carbocycles. The summed E-state index contributed by atoms with van der Waals surface area (Å²) in [6, 6.07) is 17.5. The number of hydrogen-bond acceptors (Lipinski definition) is 3. The molecule has 0 unspecified atom stereocenters. The minimum Gasteiger partial charge on any atom is -0.483 e. The van der Waals surface area contributed by atoms with Gasteiger partial charge in [-0.1, -0.05) is 48.5 Å². The zero-order chi connectivity index (χ0) is 14.9. The summed E-state index contributed by atoms with van der Waals surface area (Å²) in [7, 11) is 0. The minimum atomic E-state index is -0.189. The average molecular weight is 285 g/mol. The Balaban J connectivity index is 1.99. The lowest BCUT2D eigenvalue weighted by Gasteiger charge is -2.11. The van der Waals surface area contributed by atoms with Crippen LogP contribution in [0.5, 0.6) is 5.75 Å². The second kappa shape index (κ2) is 8.07. The molecule has 0 spiro atoms. The molecule has 0 atom stereocenters. The molecule has 0 saturated carbocycles. The molecule has 0 radical (unpaired) electrons. The molecule has 0 saturated heterocycles. The van der Waals surface area contributed by atoms with Crippen LogP contribution in [0.25, 0.3) is 11.1 Å². The highest BCUT2D eigenvalue weighted by Gasteiger charge is 2.07. The van der Waals surface area contributed by atoms with Crippen LogP contribution in [-0.2, 0) is 4.79 Å². The van der Waals surface area contributed by atoms with E-state index in [4.69, 9.17) is 9.84 Å². The van der Waals surface area contributed by atoms with Crippen molar-refractivity contribution in [2.24, 2.45) is 0 Å². The topological polar surface area (TPSA) is 58.6 Å². The SMILES string of the molecule is O=C(COc1ccccc1-c1ccccc1)NCCCO. The summed E-state index contributed by atoms with van der Waals surface area (Å²) in [5.41, 5.74) is 2.01. The number of carbonyl (C=O) groups is 1. The summed E-state index contributed by atoms with van der Waals surface area (Å²) in [4.78, 5) is 11.6. The van der Waals surface area contributed by atoms with Gasteiger partial charge in [0.15, 0.2) is 6.61 Å². The van der Waals surface area contributed by atoms with Gasteiger partial charge >= 0.3 is 0 Å². The van der Waals surface area contributed by atoms with Gasteiger partial charge in [0.05, 0.1) is 0 Å². The maximum absolute atomic E-state index is 11.6. The van der Waals surface area contributed by atoms with Crippen LogP contribution in [0.4, 0.5) is 0 Å². The third-order valence-electron chi connectivity index (χ3n) is 2.99. The lowest BCUT2D eigenvalue weighted by atomic mass is 10.1. The van der Waals surface area contributed by atoms with Crippen molar-refractivity contribution in [2.75, 3.05) is 19.8 Å². The Morgan fingerprint density at radius 1 is 1.05 bits per heavy atom. The van der Waals surface area contributed by atoms with Crippen molar-refractivity contribution in [2.45, 2.75) is 6.42 Å². The molecule has 0 aromatic heterocycles. The maximum Gasteiger partial charge on any atom is 0.257 e. The number of hydrogen-bond donors (Lipinski definition) is 2. The van der Waals surface area contributed by atoms with Crippen molar-refractivity contribution in [3.05, 3.63) is 54.6 Å². The molecular weight excluding hydrogens is 266 g/mol. The van der Waals surface area contributed by atoms with E-state index in [1.807, 2.05) is 54.6 Å². The molecule has 2 N–H and O–H groups in total. The normalized spacial score (nSPS) is 10.1. The largest absolute Gasteiger partial charge is 0.483 e. The van der Waals surface area contributed by atoms with Crippen LogP contribution >= 0.6 is 0 Å². The van der Waals surface area contributed by atoms with Crippen LogP contribution in [0.2, 0.25) is 0 Å². The fourth-order valence-electron chi connectivity index (χ4n) is 1.95. The van der Waals surface area contributed by atoms with E-state index >= 15 is 0 Å². The van der Waals surface area contributed by atoms with Crippen LogP contribution in [0.15, 0.2) is 54.6 Å². The second-order valence-corrected chi connectivity index (χ2v) is 4.58. The van der Waals surface area contributed by atoms with Gasteiger partial charge in [-0.3, -0.25) is 4.79 Å². The molecule has 110 valence electrons. The summed E-state index contributed by atoms with van der Waals surface area (Å²) >= 11 is 0. The first-order valence-electron chi connectivity index (χ1n) is 6.96. The highest BCUT2D eigenvalue weighted by Crippen LogP contribution is 2.29. The first kappa shape index (κ1) is 15.1. The van der Waals surface area contributed by atoms with Crippen molar-refractivity contribution >= 4 is 5.91 Å². The van der Waals surface area contributed by atoms with Crippen molar-refractivity contribution in [3.63, 3.8) is 0 Å². The number of ether oxygens (including phenoxy) is 1. The molecule has 2 rings (SSSR count). The number of para-hydroxylation sites is 1. The van der Waals surface area contributed by atoms with Crippen molar-refractivity contribution in [1.29, 1.82) is 0 Å². The molecule has 0 fully saturated rings. The standard InChI is InChI=1S/C17H19NO3/c19-12-6-11-18-17(20)13-21-16-10-5-4-9-15(16)14-7-2-1-3-8-14/h1-5,7-10,19H,6,11-13H2,(H,18,20). The van der Waals surface area contributed by atoms with Crippen LogP contribution in [0, 0.1) is 0 Å². The Bertz CT molecular complexity index is 569. The molecule has 0 aliphatic carbocycles.